The number of aliphatic hydroxyl groups excluding tert-OH is 1. The lowest BCUT2D eigenvalue weighted by molar-refractivity contribution is -0.117. The molecule has 0 fully saturated rings. The largest absolute Gasteiger partial charge is 0.503 e. The molecule has 0 bridgehead atoms. The van der Waals surface area contributed by atoms with Crippen LogP contribution in [0.25, 0.3) is 11.0 Å². The molecule has 0 saturated heterocycles. The number of benzene rings is 3. The smallest absolute Gasteiger partial charge is 0.294 e. The van der Waals surface area contributed by atoms with E-state index in [2.05, 4.69) is 15.9 Å². The van der Waals surface area contributed by atoms with Gasteiger partial charge in [0.25, 0.3) is 5.91 Å². The van der Waals surface area contributed by atoms with Gasteiger partial charge in [-0.3, -0.25) is 14.5 Å². The molecule has 1 unspecified atom stereocenters. The van der Waals surface area contributed by atoms with E-state index in [1.54, 1.807) is 30.3 Å². The molecule has 0 saturated carbocycles. The second kappa shape index (κ2) is 8.01. The number of aryl methyl sites for hydroxylation is 1. The zero-order valence-corrected chi connectivity index (χ0v) is 19.0. The molecule has 5 rings (SSSR count). The predicted octanol–water partition coefficient (Wildman–Crippen LogP) is 6.43. The molecule has 1 aliphatic heterocycles. The Hall–Kier alpha value is -3.71. The average Bonchev–Trinajstić information content (AvgIpc) is 3.33. The molecule has 0 radical (unpaired) electrons. The highest BCUT2D eigenvalue weighted by Gasteiger charge is 2.45. The molecule has 1 N–H and O–H groups in total. The van der Waals surface area contributed by atoms with Crippen molar-refractivity contribution in [1.29, 1.82) is 0 Å². The van der Waals surface area contributed by atoms with Crippen LogP contribution in [0, 0.1) is 12.7 Å². The van der Waals surface area contributed by atoms with E-state index in [4.69, 9.17) is 4.42 Å². The Kier molecular flexibility index (Phi) is 5.13. The number of hydrogen-bond donors (Lipinski definition) is 1. The number of anilines is 1. The molecule has 1 aromatic heterocycles. The van der Waals surface area contributed by atoms with Gasteiger partial charge in [-0.25, -0.2) is 4.39 Å². The lowest BCUT2D eigenvalue weighted by atomic mass is 9.92. The van der Waals surface area contributed by atoms with Crippen molar-refractivity contribution >= 4 is 44.3 Å². The van der Waals surface area contributed by atoms with Crippen LogP contribution in [-0.2, 0) is 4.79 Å². The lowest BCUT2D eigenvalue weighted by Gasteiger charge is -2.27. The van der Waals surface area contributed by atoms with Gasteiger partial charge in [-0.2, -0.15) is 0 Å². The standard InChI is InChI=1S/C26H17BrFNO4/c1-14-4-2-3-5-19(14)23-22(24(30)21-13-15-12-16(27)6-11-20(15)33-21)25(31)26(32)29(23)18-9-7-17(28)8-10-18/h2-13,23,31H,1H3. The zero-order chi connectivity index (χ0) is 23.3. The van der Waals surface area contributed by atoms with Gasteiger partial charge < -0.3 is 9.52 Å². The second-order valence-corrected chi connectivity index (χ2v) is 8.71. The first-order valence-corrected chi connectivity index (χ1v) is 11.0. The molecule has 5 nitrogen and oxygen atoms in total. The number of nitrogens with zero attached hydrogens (tertiary/aromatic N) is 1. The summed E-state index contributed by atoms with van der Waals surface area (Å²) < 4.78 is 20.1. The van der Waals surface area contributed by atoms with E-state index in [-0.39, 0.29) is 11.3 Å². The van der Waals surface area contributed by atoms with Crippen molar-refractivity contribution in [1.82, 2.24) is 0 Å². The van der Waals surface area contributed by atoms with Crippen molar-refractivity contribution in [2.75, 3.05) is 4.90 Å². The first-order valence-electron chi connectivity index (χ1n) is 10.2. The van der Waals surface area contributed by atoms with Crippen LogP contribution in [0.4, 0.5) is 10.1 Å². The highest BCUT2D eigenvalue weighted by atomic mass is 79.9. The minimum Gasteiger partial charge on any atom is -0.503 e. The maximum absolute atomic E-state index is 13.6. The third-order valence-corrected chi connectivity index (χ3v) is 6.24. The number of carbonyl (C=O) groups is 2. The predicted molar refractivity (Wildman–Crippen MR) is 126 cm³/mol. The number of carbonyl (C=O) groups excluding carboxylic acids is 2. The first-order chi connectivity index (χ1) is 15.8. The summed E-state index contributed by atoms with van der Waals surface area (Å²) in [6.45, 7) is 1.86. The van der Waals surface area contributed by atoms with Crippen molar-refractivity contribution in [2.24, 2.45) is 0 Å². The van der Waals surface area contributed by atoms with Crippen LogP contribution in [0.15, 0.2) is 93.0 Å². The molecule has 1 aliphatic rings. The van der Waals surface area contributed by atoms with Crippen LogP contribution >= 0.6 is 15.9 Å². The molecular formula is C26H17BrFNO4. The van der Waals surface area contributed by atoms with Gasteiger partial charge in [-0.1, -0.05) is 40.2 Å². The van der Waals surface area contributed by atoms with Gasteiger partial charge >= 0.3 is 0 Å². The fraction of sp³-hybridized carbons (Fsp3) is 0.0769. The molecule has 0 aliphatic carbocycles. The molecule has 7 heteroatoms. The monoisotopic (exact) mass is 505 g/mol. The summed E-state index contributed by atoms with van der Waals surface area (Å²) in [5.41, 5.74) is 2.28. The Morgan fingerprint density at radius 3 is 2.52 bits per heavy atom. The number of halogens is 2. The van der Waals surface area contributed by atoms with Gasteiger partial charge in [0.2, 0.25) is 5.78 Å². The maximum Gasteiger partial charge on any atom is 0.294 e. The molecule has 3 aromatic carbocycles. The summed E-state index contributed by atoms with van der Waals surface area (Å²) in [6.07, 6.45) is 0. The van der Waals surface area contributed by atoms with E-state index in [0.717, 1.165) is 10.0 Å². The van der Waals surface area contributed by atoms with Crippen LogP contribution in [0.1, 0.15) is 27.7 Å². The highest BCUT2D eigenvalue weighted by Crippen LogP contribution is 2.43. The van der Waals surface area contributed by atoms with Gasteiger partial charge in [0, 0.05) is 15.5 Å². The highest BCUT2D eigenvalue weighted by molar-refractivity contribution is 9.10. The molecule has 0 spiro atoms. The quantitative estimate of drug-likeness (QED) is 0.324. The Morgan fingerprint density at radius 2 is 1.79 bits per heavy atom. The van der Waals surface area contributed by atoms with Crippen LogP contribution in [0.2, 0.25) is 0 Å². The summed E-state index contributed by atoms with van der Waals surface area (Å²) in [5.74, 6) is -2.43. The summed E-state index contributed by atoms with van der Waals surface area (Å²) in [5, 5.41) is 11.6. The molecule has 1 amide bonds. The van der Waals surface area contributed by atoms with Crippen LogP contribution < -0.4 is 4.90 Å². The average molecular weight is 506 g/mol. The number of fused-ring (bicyclic) bond motifs is 1. The zero-order valence-electron chi connectivity index (χ0n) is 17.4. The number of rotatable bonds is 4. The Morgan fingerprint density at radius 1 is 1.06 bits per heavy atom. The molecule has 2 heterocycles. The fourth-order valence-electron chi connectivity index (χ4n) is 4.15. The van der Waals surface area contributed by atoms with Gasteiger partial charge in [-0.05, 0) is 66.6 Å². The normalized spacial score (nSPS) is 16.2. The van der Waals surface area contributed by atoms with E-state index in [9.17, 15) is 19.1 Å². The van der Waals surface area contributed by atoms with Crippen molar-refractivity contribution in [2.45, 2.75) is 13.0 Å². The van der Waals surface area contributed by atoms with Crippen molar-refractivity contribution in [3.8, 4) is 0 Å². The second-order valence-electron chi connectivity index (χ2n) is 7.79. The summed E-state index contributed by atoms with van der Waals surface area (Å²) in [6, 6.07) is 18.7. The third kappa shape index (κ3) is 3.54. The van der Waals surface area contributed by atoms with Gasteiger partial charge in [0.15, 0.2) is 11.5 Å². The number of furan rings is 1. The van der Waals surface area contributed by atoms with Gasteiger partial charge in [0.1, 0.15) is 11.4 Å². The summed E-state index contributed by atoms with van der Waals surface area (Å²) in [4.78, 5) is 28.1. The lowest BCUT2D eigenvalue weighted by Crippen LogP contribution is -2.31. The summed E-state index contributed by atoms with van der Waals surface area (Å²) >= 11 is 3.40. The number of ketones is 1. The topological polar surface area (TPSA) is 70.7 Å². The van der Waals surface area contributed by atoms with Crippen LogP contribution in [0.3, 0.4) is 0 Å². The Bertz CT molecular complexity index is 1450. The Balaban J connectivity index is 1.67. The SMILES string of the molecule is Cc1ccccc1C1C(C(=O)c2cc3cc(Br)ccc3o2)=C(O)C(=O)N1c1ccc(F)cc1. The van der Waals surface area contributed by atoms with Crippen LogP contribution in [0.5, 0.6) is 0 Å². The van der Waals surface area contributed by atoms with Crippen molar-refractivity contribution < 1.29 is 23.5 Å². The summed E-state index contributed by atoms with van der Waals surface area (Å²) in [7, 11) is 0. The number of Topliss-reactive ketones (excluding diaryl/α,β-unsaturated/α-hetero) is 1. The molecule has 4 aromatic rings. The third-order valence-electron chi connectivity index (χ3n) is 5.74. The molecular weight excluding hydrogens is 489 g/mol. The van der Waals surface area contributed by atoms with E-state index in [1.807, 2.05) is 25.1 Å². The number of aliphatic hydroxyl groups is 1. The van der Waals surface area contributed by atoms with E-state index >= 15 is 0 Å². The van der Waals surface area contributed by atoms with E-state index in [0.29, 0.717) is 22.2 Å². The number of hydrogen-bond acceptors (Lipinski definition) is 4. The van der Waals surface area contributed by atoms with E-state index in [1.165, 1.54) is 29.2 Å². The fourth-order valence-corrected chi connectivity index (χ4v) is 4.53. The number of amides is 1. The first kappa shape index (κ1) is 21.2. The maximum atomic E-state index is 13.6. The molecule has 164 valence electrons. The Labute approximate surface area is 196 Å². The molecule has 1 atom stereocenters. The van der Waals surface area contributed by atoms with Gasteiger partial charge in [0.05, 0.1) is 11.6 Å². The minimum absolute atomic E-state index is 0.0111. The van der Waals surface area contributed by atoms with Crippen LogP contribution in [-0.4, -0.2) is 16.8 Å². The van der Waals surface area contributed by atoms with Crippen molar-refractivity contribution in [3.63, 3.8) is 0 Å². The van der Waals surface area contributed by atoms with E-state index < -0.39 is 29.3 Å². The minimum atomic E-state index is -0.906. The van der Waals surface area contributed by atoms with Gasteiger partial charge in [-0.15, -0.1) is 0 Å². The van der Waals surface area contributed by atoms with Crippen molar-refractivity contribution in [3.05, 3.63) is 111 Å². The molecule has 33 heavy (non-hydrogen) atoms.